The molecule has 0 fully saturated rings. The summed E-state index contributed by atoms with van der Waals surface area (Å²) in [6.07, 6.45) is 0.837. The van der Waals surface area contributed by atoms with Crippen molar-refractivity contribution in [2.75, 3.05) is 5.73 Å². The number of pyridine rings is 1. The van der Waals surface area contributed by atoms with E-state index in [1.807, 2.05) is 24.4 Å². The number of nitrogens with two attached hydrogens (primary N) is 1. The number of thiazole rings is 1. The highest BCUT2D eigenvalue weighted by atomic mass is 32.1. The van der Waals surface area contributed by atoms with Gasteiger partial charge in [0.1, 0.15) is 22.2 Å². The zero-order valence-corrected chi connectivity index (χ0v) is 9.71. The molecule has 0 atom stereocenters. The number of nitrogens with zero attached hydrogens (tertiary/aromatic N) is 2. The summed E-state index contributed by atoms with van der Waals surface area (Å²) in [7, 11) is 0. The number of hydrogen-bond acceptors (Lipinski definition) is 4. The average molecular weight is 229 g/mol. The normalized spacial score (nSPS) is 9.56. The largest absolute Gasteiger partial charge is 0.384 e. The Bertz CT molecular complexity index is 549. The van der Waals surface area contributed by atoms with E-state index in [0.29, 0.717) is 5.82 Å². The molecule has 2 heterocycles. The molecule has 0 aromatic carbocycles. The summed E-state index contributed by atoms with van der Waals surface area (Å²) in [5, 5.41) is 2.79. The minimum absolute atomic E-state index is 0.508. The molecule has 16 heavy (non-hydrogen) atoms. The lowest BCUT2D eigenvalue weighted by molar-refractivity contribution is 1.26. The highest BCUT2D eigenvalue weighted by molar-refractivity contribution is 7.13. The number of hydrogen-bond donors (Lipinski definition) is 1. The van der Waals surface area contributed by atoms with Crippen LogP contribution in [0.5, 0.6) is 0 Å². The topological polar surface area (TPSA) is 51.8 Å². The molecule has 0 aliphatic carbocycles. The van der Waals surface area contributed by atoms with Crippen LogP contribution in [0.25, 0.3) is 10.7 Å². The Labute approximate surface area is 98.4 Å². The molecule has 0 aliphatic heterocycles. The van der Waals surface area contributed by atoms with Crippen LogP contribution < -0.4 is 5.73 Å². The minimum Gasteiger partial charge on any atom is -0.384 e. The molecule has 2 N–H and O–H groups in total. The molecule has 2 rings (SSSR count). The molecule has 0 unspecified atom stereocenters. The van der Waals surface area contributed by atoms with Crippen molar-refractivity contribution in [2.45, 2.75) is 13.3 Å². The van der Waals surface area contributed by atoms with Gasteiger partial charge in [0, 0.05) is 11.8 Å². The fourth-order valence-corrected chi connectivity index (χ4v) is 1.92. The lowest BCUT2D eigenvalue weighted by Gasteiger charge is -1.95. The maximum atomic E-state index is 5.62. The summed E-state index contributed by atoms with van der Waals surface area (Å²) < 4.78 is 0. The van der Waals surface area contributed by atoms with E-state index < -0.39 is 0 Å². The van der Waals surface area contributed by atoms with Crippen molar-refractivity contribution in [1.82, 2.24) is 9.97 Å². The van der Waals surface area contributed by atoms with Crippen molar-refractivity contribution in [3.63, 3.8) is 0 Å². The first-order chi connectivity index (χ1) is 7.79. The summed E-state index contributed by atoms with van der Waals surface area (Å²) in [6, 6.07) is 5.53. The molecule has 0 aliphatic rings. The van der Waals surface area contributed by atoms with Gasteiger partial charge in [-0.15, -0.1) is 11.3 Å². The number of nitrogen functional groups attached to an aromatic ring is 1. The predicted octanol–water partition coefficient (Wildman–Crippen LogP) is 2.55. The lowest BCUT2D eigenvalue weighted by Crippen LogP contribution is -1.90. The van der Waals surface area contributed by atoms with Crippen LogP contribution in [-0.4, -0.2) is 9.97 Å². The van der Waals surface area contributed by atoms with Gasteiger partial charge in [-0.3, -0.25) is 0 Å². The Kier molecular flexibility index (Phi) is 3.18. The van der Waals surface area contributed by atoms with Crippen molar-refractivity contribution >= 4 is 17.2 Å². The van der Waals surface area contributed by atoms with E-state index in [-0.39, 0.29) is 0 Å². The van der Waals surface area contributed by atoms with Crippen LogP contribution in [0.3, 0.4) is 0 Å². The molecule has 4 heteroatoms. The van der Waals surface area contributed by atoms with Gasteiger partial charge in [-0.25, -0.2) is 9.97 Å². The molecular weight excluding hydrogens is 218 g/mol. The third-order valence-electron chi connectivity index (χ3n) is 1.89. The van der Waals surface area contributed by atoms with E-state index in [0.717, 1.165) is 22.8 Å². The van der Waals surface area contributed by atoms with Crippen molar-refractivity contribution < 1.29 is 0 Å². The van der Waals surface area contributed by atoms with E-state index in [2.05, 4.69) is 21.8 Å². The van der Waals surface area contributed by atoms with Crippen LogP contribution >= 0.6 is 11.3 Å². The van der Waals surface area contributed by atoms with Gasteiger partial charge in [-0.1, -0.05) is 18.9 Å². The van der Waals surface area contributed by atoms with E-state index in [1.165, 1.54) is 11.3 Å². The Morgan fingerprint density at radius 3 is 3.00 bits per heavy atom. The molecule has 0 amide bonds. The SMILES string of the molecule is CCC#Cc1csc(-c2cccc(N)n2)n1. The third-order valence-corrected chi connectivity index (χ3v) is 2.75. The summed E-state index contributed by atoms with van der Waals surface area (Å²) in [5.41, 5.74) is 7.22. The van der Waals surface area contributed by atoms with Gasteiger partial charge in [0.2, 0.25) is 0 Å². The van der Waals surface area contributed by atoms with Crippen molar-refractivity contribution in [1.29, 1.82) is 0 Å². The molecular formula is C12H11N3S. The summed E-state index contributed by atoms with van der Waals surface area (Å²) in [4.78, 5) is 8.60. The number of anilines is 1. The molecule has 0 radical (unpaired) electrons. The monoisotopic (exact) mass is 229 g/mol. The lowest BCUT2D eigenvalue weighted by atomic mass is 10.3. The van der Waals surface area contributed by atoms with Crippen LogP contribution in [-0.2, 0) is 0 Å². The van der Waals surface area contributed by atoms with Crippen LogP contribution in [0.1, 0.15) is 19.0 Å². The smallest absolute Gasteiger partial charge is 0.143 e. The third kappa shape index (κ3) is 2.38. The van der Waals surface area contributed by atoms with Crippen LogP contribution in [0.15, 0.2) is 23.6 Å². The number of aromatic nitrogens is 2. The Morgan fingerprint density at radius 2 is 2.25 bits per heavy atom. The molecule has 2 aromatic rings. The second kappa shape index (κ2) is 4.77. The van der Waals surface area contributed by atoms with Crippen molar-refractivity contribution in [3.05, 3.63) is 29.3 Å². The quantitative estimate of drug-likeness (QED) is 0.764. The first kappa shape index (κ1) is 10.7. The highest BCUT2D eigenvalue weighted by Gasteiger charge is 2.04. The zero-order valence-electron chi connectivity index (χ0n) is 8.90. The van der Waals surface area contributed by atoms with Gasteiger partial charge in [0.05, 0.1) is 0 Å². The Hall–Kier alpha value is -1.86. The fourth-order valence-electron chi connectivity index (χ4n) is 1.20. The van der Waals surface area contributed by atoms with Crippen molar-refractivity contribution in [3.8, 4) is 22.5 Å². The van der Waals surface area contributed by atoms with Gasteiger partial charge in [-0.05, 0) is 18.1 Å². The maximum absolute atomic E-state index is 5.62. The molecule has 0 saturated heterocycles. The van der Waals surface area contributed by atoms with Gasteiger partial charge < -0.3 is 5.73 Å². The predicted molar refractivity (Wildman–Crippen MR) is 66.9 cm³/mol. The van der Waals surface area contributed by atoms with E-state index in [4.69, 9.17) is 5.73 Å². The van der Waals surface area contributed by atoms with E-state index in [9.17, 15) is 0 Å². The van der Waals surface area contributed by atoms with Gasteiger partial charge >= 0.3 is 0 Å². The summed E-state index contributed by atoms with van der Waals surface area (Å²) in [5.74, 6) is 6.49. The second-order valence-corrected chi connectivity index (χ2v) is 4.00. The molecule has 0 bridgehead atoms. The molecule has 3 nitrogen and oxygen atoms in total. The van der Waals surface area contributed by atoms with Crippen LogP contribution in [0, 0.1) is 11.8 Å². The summed E-state index contributed by atoms with van der Waals surface area (Å²) >= 11 is 1.53. The Morgan fingerprint density at radius 1 is 1.38 bits per heavy atom. The Balaban J connectivity index is 2.31. The first-order valence-corrected chi connectivity index (χ1v) is 5.85. The second-order valence-electron chi connectivity index (χ2n) is 3.14. The van der Waals surface area contributed by atoms with Gasteiger partial charge in [0.15, 0.2) is 0 Å². The molecule has 80 valence electrons. The van der Waals surface area contributed by atoms with Crippen LogP contribution in [0.4, 0.5) is 5.82 Å². The standard InChI is InChI=1S/C12H11N3S/c1-2-3-5-9-8-16-12(14-9)10-6-4-7-11(13)15-10/h4,6-8H,2H2,1H3,(H2,13,15). The van der Waals surface area contributed by atoms with E-state index in [1.54, 1.807) is 6.07 Å². The van der Waals surface area contributed by atoms with Gasteiger partial charge in [-0.2, -0.15) is 0 Å². The minimum atomic E-state index is 0.508. The summed E-state index contributed by atoms with van der Waals surface area (Å²) in [6.45, 7) is 2.01. The highest BCUT2D eigenvalue weighted by Crippen LogP contribution is 2.21. The number of rotatable bonds is 1. The molecule has 0 saturated carbocycles. The van der Waals surface area contributed by atoms with Crippen molar-refractivity contribution in [2.24, 2.45) is 0 Å². The van der Waals surface area contributed by atoms with Gasteiger partial charge in [0.25, 0.3) is 0 Å². The molecule has 2 aromatic heterocycles. The first-order valence-electron chi connectivity index (χ1n) is 4.97. The zero-order chi connectivity index (χ0) is 11.4. The van der Waals surface area contributed by atoms with E-state index >= 15 is 0 Å². The average Bonchev–Trinajstić information content (AvgIpc) is 2.75. The van der Waals surface area contributed by atoms with Crippen LogP contribution in [0.2, 0.25) is 0 Å². The fraction of sp³-hybridized carbons (Fsp3) is 0.167. The molecule has 0 spiro atoms. The maximum Gasteiger partial charge on any atom is 0.143 e.